The Kier molecular flexibility index (Phi) is 15.0. The number of carbonyl (C=O) groups is 1. The first-order chi connectivity index (χ1) is 31.2. The van der Waals surface area contributed by atoms with Crippen molar-refractivity contribution in [2.24, 2.45) is 22.9 Å². The summed E-state index contributed by atoms with van der Waals surface area (Å²) in [5.41, 5.74) is 4.35. The van der Waals surface area contributed by atoms with E-state index < -0.39 is 33.4 Å². The largest absolute Gasteiger partial charge is 0.460 e. The van der Waals surface area contributed by atoms with Gasteiger partial charge in [-0.2, -0.15) is 4.31 Å². The minimum Gasteiger partial charge on any atom is -0.460 e. The third-order valence-electron chi connectivity index (χ3n) is 12.6. The normalized spacial score (nSPS) is 23.2. The molecule has 0 unspecified atom stereocenters. The molecule has 13 heteroatoms. The number of sulfonamides is 1. The lowest BCUT2D eigenvalue weighted by molar-refractivity contribution is -0.250. The maximum absolute atomic E-state index is 14.9. The molecule has 3 N–H and O–H groups in total. The topological polar surface area (TPSA) is 156 Å². The van der Waals surface area contributed by atoms with Gasteiger partial charge in [0.25, 0.3) is 0 Å². The minimum absolute atomic E-state index is 0.0180. The molecule has 0 aromatic heterocycles. The first kappa shape index (κ1) is 47.6. The average Bonchev–Trinajstić information content (AvgIpc) is 3.29. The monoisotopic (exact) mass is 905 g/mol. The minimum atomic E-state index is -4.24. The lowest BCUT2D eigenvalue weighted by atomic mass is 9.55. The molecule has 0 saturated heterocycles. The zero-order chi connectivity index (χ0) is 46.4. The van der Waals surface area contributed by atoms with E-state index in [-0.39, 0.29) is 54.8 Å². The van der Waals surface area contributed by atoms with Gasteiger partial charge in [0.05, 0.1) is 29.2 Å². The Bertz CT molecular complexity index is 2450. The molecule has 12 nitrogen and oxygen atoms in total. The van der Waals surface area contributed by atoms with Gasteiger partial charge in [0.1, 0.15) is 22.8 Å². The Balaban J connectivity index is 1.40. The van der Waals surface area contributed by atoms with Crippen LogP contribution in [0.5, 0.6) is 17.2 Å². The summed E-state index contributed by atoms with van der Waals surface area (Å²) in [4.78, 5) is 18.0. The molecule has 1 aliphatic heterocycles. The van der Waals surface area contributed by atoms with Gasteiger partial charge in [0, 0.05) is 50.8 Å². The van der Waals surface area contributed by atoms with E-state index in [1.54, 1.807) is 25.3 Å². The molecule has 4 aromatic rings. The third-order valence-corrected chi connectivity index (χ3v) is 14.4. The summed E-state index contributed by atoms with van der Waals surface area (Å²) in [6.45, 7) is 11.3. The molecule has 3 aliphatic rings. The highest BCUT2D eigenvalue weighted by Crippen LogP contribution is 2.62. The molecular weight excluding hydrogens is 843 g/mol. The van der Waals surface area contributed by atoms with Crippen LogP contribution in [0.25, 0.3) is 11.1 Å². The standard InChI is InChI=1S/C52H63N3O9S/c1-7-31-61-52-48(55(6)65(59,60)42-26-21-39(22-27-42)53-35(2)58)34-46(54-64-51(3,4)5)44-32-38(17-11-13-29-56)43(18-12-14-30-57)49(50(44)52)45-33-41(25-28-47(45)63-52)62-40-23-19-37(20-24-40)36-15-9-8-10-16-36/h7-10,15-16,19-28,32-33,38,43,48-50,56-57H,1,11-14,17-18,29-31,34H2,2-6H3,(H,53,58)/t38-,43+,48-,49+,50+,52+/m0/s1. The predicted octanol–water partition coefficient (Wildman–Crippen LogP) is 9.86. The van der Waals surface area contributed by atoms with E-state index in [9.17, 15) is 23.4 Å². The number of oxime groups is 1. The van der Waals surface area contributed by atoms with Crippen molar-refractivity contribution in [2.45, 2.75) is 101 Å². The van der Waals surface area contributed by atoms with Crippen molar-refractivity contribution in [3.05, 3.63) is 127 Å². The third kappa shape index (κ3) is 10.6. The van der Waals surface area contributed by atoms with Gasteiger partial charge in [-0.1, -0.05) is 72.6 Å². The maximum atomic E-state index is 14.9. The number of hydrogen-bond acceptors (Lipinski definition) is 10. The van der Waals surface area contributed by atoms with Crippen molar-refractivity contribution in [2.75, 3.05) is 32.2 Å². The Morgan fingerprint density at radius 1 is 0.923 bits per heavy atom. The molecule has 65 heavy (non-hydrogen) atoms. The van der Waals surface area contributed by atoms with Gasteiger partial charge in [-0.05, 0) is 130 Å². The van der Waals surface area contributed by atoms with Crippen molar-refractivity contribution in [1.29, 1.82) is 0 Å². The fraction of sp³-hybridized carbons (Fsp3) is 0.423. The first-order valence-electron chi connectivity index (χ1n) is 22.6. The van der Waals surface area contributed by atoms with Crippen molar-refractivity contribution in [3.8, 4) is 28.4 Å². The Morgan fingerprint density at radius 3 is 2.23 bits per heavy atom. The van der Waals surface area contributed by atoms with Gasteiger partial charge < -0.3 is 34.6 Å². The lowest BCUT2D eigenvalue weighted by Gasteiger charge is -2.59. The van der Waals surface area contributed by atoms with Gasteiger partial charge in [-0.15, -0.1) is 6.58 Å². The van der Waals surface area contributed by atoms with Gasteiger partial charge >= 0.3 is 0 Å². The fourth-order valence-electron chi connectivity index (χ4n) is 9.69. The maximum Gasteiger partial charge on any atom is 0.243 e. The number of aliphatic hydroxyl groups excluding tert-OH is 2. The number of allylic oxidation sites excluding steroid dienone is 1. The molecule has 0 radical (unpaired) electrons. The number of carbonyl (C=O) groups excluding carboxylic acids is 1. The molecular formula is C52H63N3O9S. The van der Waals surface area contributed by atoms with E-state index in [0.717, 1.165) is 47.9 Å². The van der Waals surface area contributed by atoms with E-state index in [1.165, 1.54) is 23.4 Å². The van der Waals surface area contributed by atoms with Gasteiger partial charge in [-0.3, -0.25) is 4.79 Å². The molecule has 1 fully saturated rings. The number of benzene rings is 4. The number of amides is 1. The zero-order valence-electron chi connectivity index (χ0n) is 38.1. The molecule has 0 bridgehead atoms. The number of ether oxygens (including phenoxy) is 3. The van der Waals surface area contributed by atoms with E-state index in [4.69, 9.17) is 24.2 Å². The predicted molar refractivity (Wildman–Crippen MR) is 253 cm³/mol. The molecule has 346 valence electrons. The Hall–Kier alpha value is -5.31. The second-order valence-corrected chi connectivity index (χ2v) is 20.2. The lowest BCUT2D eigenvalue weighted by Crippen LogP contribution is -2.69. The fourth-order valence-corrected chi connectivity index (χ4v) is 11.1. The van der Waals surface area contributed by atoms with E-state index in [0.29, 0.717) is 41.5 Å². The van der Waals surface area contributed by atoms with Gasteiger partial charge in [0.2, 0.25) is 21.7 Å². The number of aliphatic hydroxyl groups is 2. The number of nitrogens with zero attached hydrogens (tertiary/aromatic N) is 2. The molecule has 0 spiro atoms. The number of likely N-dealkylation sites (N-methyl/N-ethyl adjacent to an activating group) is 1. The summed E-state index contributed by atoms with van der Waals surface area (Å²) >= 11 is 0. The number of nitrogens with one attached hydrogen (secondary N) is 1. The molecule has 4 aromatic carbocycles. The summed E-state index contributed by atoms with van der Waals surface area (Å²) < 4.78 is 52.0. The van der Waals surface area contributed by atoms with Crippen LogP contribution in [0.3, 0.4) is 0 Å². The van der Waals surface area contributed by atoms with Crippen LogP contribution in [0.15, 0.2) is 131 Å². The van der Waals surface area contributed by atoms with Crippen LogP contribution in [0, 0.1) is 17.8 Å². The number of rotatable bonds is 19. The summed E-state index contributed by atoms with van der Waals surface area (Å²) in [5.74, 6) is -0.924. The first-order valence-corrected chi connectivity index (χ1v) is 24.1. The van der Waals surface area contributed by atoms with E-state index >= 15 is 0 Å². The van der Waals surface area contributed by atoms with Crippen LogP contribution in [-0.2, 0) is 24.4 Å². The quantitative estimate of drug-likeness (QED) is 0.0474. The Labute approximate surface area is 384 Å². The number of unbranched alkanes of at least 4 members (excludes halogenated alkanes) is 2. The van der Waals surface area contributed by atoms with Crippen molar-refractivity contribution < 1.29 is 42.5 Å². The average molecular weight is 906 g/mol. The second kappa shape index (κ2) is 20.5. The SMILES string of the molecule is C=CCO[C@@]12Oc3ccc(Oc4ccc(-c5ccccc5)cc4)cc3[C@H]3[C@H](CCCCO)[C@@H](CCCCO)C=C(C(=NOC(C)(C)C)C[C@@H]1N(C)S(=O)(=O)c1ccc(NC(C)=O)cc1)[C@H]32. The highest BCUT2D eigenvalue weighted by molar-refractivity contribution is 7.89. The van der Waals surface area contributed by atoms with Crippen LogP contribution in [0.2, 0.25) is 0 Å². The summed E-state index contributed by atoms with van der Waals surface area (Å²) in [6, 6.07) is 29.0. The van der Waals surface area contributed by atoms with Gasteiger partial charge in [0.15, 0.2) is 0 Å². The van der Waals surface area contributed by atoms with Crippen LogP contribution in [0.1, 0.15) is 84.1 Å². The molecule has 1 heterocycles. The van der Waals surface area contributed by atoms with Gasteiger partial charge in [-0.25, -0.2) is 8.42 Å². The van der Waals surface area contributed by atoms with Crippen LogP contribution in [0.4, 0.5) is 5.69 Å². The summed E-state index contributed by atoms with van der Waals surface area (Å²) in [5, 5.41) is 27.5. The molecule has 7 rings (SSSR count). The highest BCUT2D eigenvalue weighted by atomic mass is 32.2. The second-order valence-electron chi connectivity index (χ2n) is 18.2. The van der Waals surface area contributed by atoms with E-state index in [1.807, 2.05) is 81.4 Å². The number of anilines is 1. The molecule has 2 aliphatic carbocycles. The zero-order valence-corrected chi connectivity index (χ0v) is 38.9. The Morgan fingerprint density at radius 2 is 1.58 bits per heavy atom. The molecule has 1 saturated carbocycles. The van der Waals surface area contributed by atoms with Crippen molar-refractivity contribution in [3.63, 3.8) is 0 Å². The highest BCUT2D eigenvalue weighted by Gasteiger charge is 2.65. The number of hydrogen-bond donors (Lipinski definition) is 3. The summed E-state index contributed by atoms with van der Waals surface area (Å²) in [6.07, 6.45) is 8.36. The van der Waals surface area contributed by atoms with Crippen LogP contribution in [-0.4, -0.2) is 78.9 Å². The van der Waals surface area contributed by atoms with Crippen LogP contribution >= 0.6 is 0 Å². The van der Waals surface area contributed by atoms with Crippen molar-refractivity contribution in [1.82, 2.24) is 4.31 Å². The number of fused-ring (bicyclic) bond motifs is 2. The van der Waals surface area contributed by atoms with E-state index in [2.05, 4.69) is 30.1 Å². The smallest absolute Gasteiger partial charge is 0.243 e. The molecule has 1 amide bonds. The summed E-state index contributed by atoms with van der Waals surface area (Å²) in [7, 11) is -2.69. The van der Waals surface area contributed by atoms with Crippen molar-refractivity contribution >= 4 is 27.3 Å². The molecule has 6 atom stereocenters. The van der Waals surface area contributed by atoms with Crippen LogP contribution < -0.4 is 14.8 Å².